The van der Waals surface area contributed by atoms with Crippen LogP contribution in [-0.2, 0) is 13.0 Å². The molecule has 3 heterocycles. The Bertz CT molecular complexity index is 923. The third kappa shape index (κ3) is 2.29. The second-order valence-corrected chi connectivity index (χ2v) is 5.41. The van der Waals surface area contributed by atoms with E-state index in [1.807, 2.05) is 12.1 Å². The molecule has 0 saturated heterocycles. The molecule has 0 amide bonds. The maximum Gasteiger partial charge on any atom is 0.267 e. The Balaban J connectivity index is 1.74. The van der Waals surface area contributed by atoms with Gasteiger partial charge in [0.2, 0.25) is 0 Å². The first-order chi connectivity index (χ1) is 11.0. The second-order valence-electron chi connectivity index (χ2n) is 5.41. The van der Waals surface area contributed by atoms with E-state index < -0.39 is 17.6 Å². The highest BCUT2D eigenvalue weighted by Gasteiger charge is 2.20. The molecular weight excluding hydrogens is 309 g/mol. The highest BCUT2D eigenvalue weighted by atomic mass is 19.2. The monoisotopic (exact) mass is 320 g/mol. The Morgan fingerprint density at radius 3 is 2.78 bits per heavy atom. The van der Waals surface area contributed by atoms with E-state index in [9.17, 15) is 13.2 Å². The van der Waals surface area contributed by atoms with Crippen molar-refractivity contribution in [3.63, 3.8) is 0 Å². The molecular formula is C14H11F3N6. The topological polar surface area (TPSA) is 58.4 Å². The molecule has 0 bridgehead atoms. The van der Waals surface area contributed by atoms with Crippen molar-refractivity contribution in [1.29, 1.82) is 0 Å². The predicted molar refractivity (Wildman–Crippen MR) is 75.0 cm³/mol. The van der Waals surface area contributed by atoms with E-state index in [1.54, 1.807) is 6.07 Å². The average molecular weight is 320 g/mol. The van der Waals surface area contributed by atoms with E-state index in [4.69, 9.17) is 0 Å². The Morgan fingerprint density at radius 1 is 1.13 bits per heavy atom. The minimum Gasteiger partial charge on any atom is -0.318 e. The minimum absolute atomic E-state index is 0.0712. The fraction of sp³-hybridized carbons (Fsp3) is 0.214. The van der Waals surface area contributed by atoms with Gasteiger partial charge >= 0.3 is 0 Å². The number of nitrogens with one attached hydrogen (secondary N) is 1. The summed E-state index contributed by atoms with van der Waals surface area (Å²) in [5.74, 6) is -2.53. The fourth-order valence-corrected chi connectivity index (χ4v) is 2.65. The number of hydrogen-bond acceptors (Lipinski definition) is 5. The van der Waals surface area contributed by atoms with Crippen molar-refractivity contribution in [2.24, 2.45) is 0 Å². The number of aromatic nitrogens is 4. The van der Waals surface area contributed by atoms with E-state index >= 15 is 0 Å². The van der Waals surface area contributed by atoms with Crippen LogP contribution < -0.4 is 5.43 Å². The number of anilines is 1. The first-order valence-corrected chi connectivity index (χ1v) is 6.86. The Labute approximate surface area is 128 Å². The molecule has 3 aromatic rings. The first kappa shape index (κ1) is 13.9. The molecule has 1 aliphatic heterocycles. The molecule has 0 fully saturated rings. The van der Waals surface area contributed by atoms with Gasteiger partial charge in [0, 0.05) is 26.1 Å². The molecule has 0 saturated carbocycles. The van der Waals surface area contributed by atoms with Gasteiger partial charge in [0.15, 0.2) is 17.3 Å². The lowest BCUT2D eigenvalue weighted by molar-refractivity contribution is 0.422. The molecule has 0 aliphatic carbocycles. The van der Waals surface area contributed by atoms with Crippen molar-refractivity contribution in [2.45, 2.75) is 13.0 Å². The summed E-state index contributed by atoms with van der Waals surface area (Å²) in [5, 5.41) is 12.9. The Kier molecular flexibility index (Phi) is 2.98. The summed E-state index contributed by atoms with van der Waals surface area (Å²) >= 11 is 0. The summed E-state index contributed by atoms with van der Waals surface area (Å²) in [6.07, 6.45) is 0.0715. The van der Waals surface area contributed by atoms with E-state index in [2.05, 4.69) is 20.7 Å². The second kappa shape index (κ2) is 4.92. The molecule has 9 heteroatoms. The summed E-state index contributed by atoms with van der Waals surface area (Å²) < 4.78 is 41.8. The molecule has 0 atom stereocenters. The first-order valence-electron chi connectivity index (χ1n) is 6.86. The van der Waals surface area contributed by atoms with Gasteiger partial charge in [-0.05, 0) is 23.3 Å². The molecule has 2 aromatic heterocycles. The molecule has 1 N–H and O–H groups in total. The van der Waals surface area contributed by atoms with Gasteiger partial charge < -0.3 is 5.43 Å². The smallest absolute Gasteiger partial charge is 0.267 e. The average Bonchev–Trinajstić information content (AvgIpc) is 3.03. The molecule has 1 aromatic carbocycles. The van der Waals surface area contributed by atoms with E-state index in [1.165, 1.54) is 6.07 Å². The van der Waals surface area contributed by atoms with Crippen LogP contribution in [0.5, 0.6) is 0 Å². The summed E-state index contributed by atoms with van der Waals surface area (Å²) in [6, 6.07) is 4.03. The fourth-order valence-electron chi connectivity index (χ4n) is 2.65. The van der Waals surface area contributed by atoms with Crippen LogP contribution >= 0.6 is 0 Å². The van der Waals surface area contributed by atoms with E-state index in [-0.39, 0.29) is 17.9 Å². The molecule has 4 rings (SSSR count). The van der Waals surface area contributed by atoms with Crippen LogP contribution in [0.1, 0.15) is 17.0 Å². The Morgan fingerprint density at radius 2 is 1.96 bits per heavy atom. The standard InChI is InChI=1S/C14H11F3N6/c1-22-6-8-2-7(9(15)4-11(8)20-22)3-12-18-19-13-5-10(16)14(17)21-23(12)13/h2,4-5,20H,3,6H2,1H3. The van der Waals surface area contributed by atoms with Crippen molar-refractivity contribution < 1.29 is 13.2 Å². The Hall–Kier alpha value is -2.68. The number of rotatable bonds is 2. The molecule has 0 spiro atoms. The lowest BCUT2D eigenvalue weighted by Crippen LogP contribution is -2.16. The third-order valence-electron chi connectivity index (χ3n) is 3.71. The highest BCUT2D eigenvalue weighted by molar-refractivity contribution is 5.55. The van der Waals surface area contributed by atoms with E-state index in [0.717, 1.165) is 16.1 Å². The number of halogens is 3. The lowest BCUT2D eigenvalue weighted by atomic mass is 10.1. The van der Waals surface area contributed by atoms with Gasteiger partial charge in [0.05, 0.1) is 5.69 Å². The zero-order valence-electron chi connectivity index (χ0n) is 12.0. The van der Waals surface area contributed by atoms with Crippen LogP contribution in [0, 0.1) is 17.6 Å². The van der Waals surface area contributed by atoms with Crippen LogP contribution in [0.3, 0.4) is 0 Å². The van der Waals surface area contributed by atoms with Gasteiger partial charge in [-0.15, -0.1) is 15.3 Å². The summed E-state index contributed by atoms with van der Waals surface area (Å²) in [6.45, 7) is 0.640. The van der Waals surface area contributed by atoms with Gasteiger partial charge in [-0.2, -0.15) is 8.91 Å². The highest BCUT2D eigenvalue weighted by Crippen LogP contribution is 2.28. The summed E-state index contributed by atoms with van der Waals surface area (Å²) in [5.41, 5.74) is 5.15. The van der Waals surface area contributed by atoms with Crippen molar-refractivity contribution >= 4 is 11.3 Å². The van der Waals surface area contributed by atoms with Crippen LogP contribution in [0.2, 0.25) is 0 Å². The molecule has 118 valence electrons. The molecule has 1 aliphatic rings. The zero-order chi connectivity index (χ0) is 16.1. The molecule has 23 heavy (non-hydrogen) atoms. The van der Waals surface area contributed by atoms with Crippen LogP contribution in [-0.4, -0.2) is 31.9 Å². The lowest BCUT2D eigenvalue weighted by Gasteiger charge is -2.07. The minimum atomic E-state index is -1.25. The largest absolute Gasteiger partial charge is 0.318 e. The van der Waals surface area contributed by atoms with Gasteiger partial charge in [0.1, 0.15) is 5.82 Å². The number of fused-ring (bicyclic) bond motifs is 2. The van der Waals surface area contributed by atoms with Gasteiger partial charge in [0.25, 0.3) is 5.95 Å². The quantitative estimate of drug-likeness (QED) is 0.781. The number of hydrazine groups is 1. The van der Waals surface area contributed by atoms with Crippen molar-refractivity contribution in [3.8, 4) is 0 Å². The maximum absolute atomic E-state index is 14.2. The zero-order valence-corrected chi connectivity index (χ0v) is 12.0. The SMILES string of the molecule is CN1Cc2cc(Cc3nnc4cc(F)c(F)nn34)c(F)cc2N1. The maximum atomic E-state index is 14.2. The van der Waals surface area contributed by atoms with Gasteiger partial charge in [-0.25, -0.2) is 13.8 Å². The normalized spacial score (nSPS) is 14.3. The van der Waals surface area contributed by atoms with E-state index in [0.29, 0.717) is 17.8 Å². The van der Waals surface area contributed by atoms with Crippen LogP contribution in [0.15, 0.2) is 18.2 Å². The molecule has 0 radical (unpaired) electrons. The van der Waals surface area contributed by atoms with Crippen molar-refractivity contribution in [1.82, 2.24) is 24.8 Å². The summed E-state index contributed by atoms with van der Waals surface area (Å²) in [4.78, 5) is 0. The van der Waals surface area contributed by atoms with Gasteiger partial charge in [-0.1, -0.05) is 0 Å². The number of nitrogens with zero attached hydrogens (tertiary/aromatic N) is 5. The molecule has 0 unspecified atom stereocenters. The van der Waals surface area contributed by atoms with Gasteiger partial charge in [-0.3, -0.25) is 0 Å². The van der Waals surface area contributed by atoms with Crippen molar-refractivity contribution in [3.05, 3.63) is 52.7 Å². The number of hydrogen-bond donors (Lipinski definition) is 1. The van der Waals surface area contributed by atoms with Crippen LogP contribution in [0.4, 0.5) is 18.9 Å². The summed E-state index contributed by atoms with van der Waals surface area (Å²) in [7, 11) is 1.85. The predicted octanol–water partition coefficient (Wildman–Crippen LogP) is 1.90. The number of benzene rings is 1. The van der Waals surface area contributed by atoms with Crippen molar-refractivity contribution in [2.75, 3.05) is 12.5 Å². The molecule has 6 nitrogen and oxygen atoms in total. The van der Waals surface area contributed by atoms with Crippen LogP contribution in [0.25, 0.3) is 5.65 Å². The third-order valence-corrected chi connectivity index (χ3v) is 3.71.